The molecule has 0 radical (unpaired) electrons. The van der Waals surface area contributed by atoms with E-state index in [-0.39, 0.29) is 0 Å². The van der Waals surface area contributed by atoms with Gasteiger partial charge in [0, 0.05) is 18.9 Å². The Labute approximate surface area is 167 Å². The third-order valence-electron chi connectivity index (χ3n) is 4.28. The topological polar surface area (TPSA) is 66.0 Å². The fraction of sp³-hybridized carbons (Fsp3) is 0.190. The van der Waals surface area contributed by atoms with Crippen molar-refractivity contribution in [3.8, 4) is 5.75 Å². The minimum Gasteiger partial charge on any atom is -0.497 e. The quantitative estimate of drug-likeness (QED) is 0.419. The zero-order valence-corrected chi connectivity index (χ0v) is 16.3. The highest BCUT2D eigenvalue weighted by Gasteiger charge is 2.11. The molecule has 28 heavy (non-hydrogen) atoms. The number of nitrogens with zero attached hydrogens (tertiary/aromatic N) is 4. The van der Waals surface area contributed by atoms with Gasteiger partial charge in [-0.05, 0) is 23.3 Å². The van der Waals surface area contributed by atoms with E-state index in [9.17, 15) is 0 Å². The Hall–Kier alpha value is -3.06. The first kappa shape index (κ1) is 18.3. The van der Waals surface area contributed by atoms with Gasteiger partial charge in [0.2, 0.25) is 5.89 Å². The number of methoxy groups -OCH3 is 1. The van der Waals surface area contributed by atoms with Crippen molar-refractivity contribution in [3.63, 3.8) is 0 Å². The highest BCUT2D eigenvalue weighted by atomic mass is 32.2. The molecule has 0 atom stereocenters. The first-order chi connectivity index (χ1) is 13.8. The minimum absolute atomic E-state index is 0.553. The normalized spacial score (nSPS) is 10.9. The number of hydrogen-bond acceptors (Lipinski definition) is 6. The first-order valence-electron chi connectivity index (χ1n) is 8.92. The Balaban J connectivity index is 1.35. The molecule has 0 fully saturated rings. The molecule has 0 bridgehead atoms. The lowest BCUT2D eigenvalue weighted by Gasteiger charge is -2.06. The number of benzene rings is 2. The van der Waals surface area contributed by atoms with E-state index >= 15 is 0 Å². The predicted molar refractivity (Wildman–Crippen MR) is 107 cm³/mol. The van der Waals surface area contributed by atoms with Gasteiger partial charge in [0.25, 0.3) is 5.22 Å². The first-order valence-corrected chi connectivity index (χ1v) is 9.91. The second-order valence-electron chi connectivity index (χ2n) is 6.23. The summed E-state index contributed by atoms with van der Waals surface area (Å²) < 4.78 is 13.1. The molecule has 142 valence electrons. The van der Waals surface area contributed by atoms with Crippen molar-refractivity contribution in [2.75, 3.05) is 7.11 Å². The van der Waals surface area contributed by atoms with Crippen LogP contribution in [0.2, 0.25) is 0 Å². The van der Waals surface area contributed by atoms with Crippen LogP contribution in [0, 0.1) is 0 Å². The minimum atomic E-state index is 0.553. The van der Waals surface area contributed by atoms with Crippen molar-refractivity contribution in [3.05, 3.63) is 89.8 Å². The summed E-state index contributed by atoms with van der Waals surface area (Å²) in [6, 6.07) is 18.2. The van der Waals surface area contributed by atoms with Crippen molar-refractivity contribution < 1.29 is 9.15 Å². The number of imidazole rings is 1. The fourth-order valence-electron chi connectivity index (χ4n) is 2.82. The van der Waals surface area contributed by atoms with Crippen LogP contribution < -0.4 is 4.74 Å². The van der Waals surface area contributed by atoms with Crippen LogP contribution in [0.3, 0.4) is 0 Å². The summed E-state index contributed by atoms with van der Waals surface area (Å²) in [6.45, 7) is 0.795. The van der Waals surface area contributed by atoms with Gasteiger partial charge in [-0.15, -0.1) is 10.2 Å². The number of thioether (sulfide) groups is 1. The van der Waals surface area contributed by atoms with E-state index in [1.54, 1.807) is 7.11 Å². The van der Waals surface area contributed by atoms with E-state index in [2.05, 4.69) is 31.9 Å². The lowest BCUT2D eigenvalue weighted by Crippen LogP contribution is -2.03. The number of hydrogen-bond donors (Lipinski definition) is 0. The molecule has 2 aromatic carbocycles. The molecule has 4 aromatic rings. The number of rotatable bonds is 8. The summed E-state index contributed by atoms with van der Waals surface area (Å²) in [6.07, 6.45) is 4.41. The molecule has 0 aliphatic heterocycles. The molecule has 2 aromatic heterocycles. The molecule has 7 heteroatoms. The third-order valence-corrected chi connectivity index (χ3v) is 5.10. The van der Waals surface area contributed by atoms with E-state index in [0.29, 0.717) is 23.3 Å². The van der Waals surface area contributed by atoms with Crippen molar-refractivity contribution in [1.82, 2.24) is 19.7 Å². The van der Waals surface area contributed by atoms with Crippen LogP contribution in [0.15, 0.2) is 76.6 Å². The number of aromatic nitrogens is 4. The molecule has 0 aliphatic rings. The molecular formula is C21H20N4O2S. The summed E-state index contributed by atoms with van der Waals surface area (Å²) in [5.41, 5.74) is 2.34. The summed E-state index contributed by atoms with van der Waals surface area (Å²) in [7, 11) is 1.65. The molecule has 0 aliphatic carbocycles. The third kappa shape index (κ3) is 4.61. The molecule has 0 unspecified atom stereocenters. The van der Waals surface area contributed by atoms with Crippen molar-refractivity contribution >= 4 is 11.8 Å². The smallest absolute Gasteiger partial charge is 0.277 e. The van der Waals surface area contributed by atoms with Gasteiger partial charge in [0.05, 0.1) is 19.3 Å². The molecule has 0 N–H and O–H groups in total. The Bertz CT molecular complexity index is 1010. The van der Waals surface area contributed by atoms with Crippen LogP contribution in [0.5, 0.6) is 5.75 Å². The van der Waals surface area contributed by atoms with Gasteiger partial charge < -0.3 is 13.7 Å². The highest BCUT2D eigenvalue weighted by molar-refractivity contribution is 7.98. The van der Waals surface area contributed by atoms with Crippen molar-refractivity contribution in [2.45, 2.75) is 23.9 Å². The maximum absolute atomic E-state index is 5.77. The lowest BCUT2D eigenvalue weighted by molar-refractivity contribution is 0.413. The predicted octanol–water partition coefficient (Wildman–Crippen LogP) is 4.21. The number of ether oxygens (including phenoxy) is 1. The average molecular weight is 392 g/mol. The zero-order valence-electron chi connectivity index (χ0n) is 15.5. The van der Waals surface area contributed by atoms with Crippen LogP contribution in [-0.4, -0.2) is 26.9 Å². The standard InChI is InChI=1S/C21H20N4O2S/c1-26-18-9-7-16(8-10-18)13-20-23-24-21(27-20)28-15-19-22-11-12-25(19)14-17-5-3-2-4-6-17/h2-12H,13-15H2,1H3. The molecule has 0 saturated heterocycles. The molecule has 2 heterocycles. The maximum Gasteiger partial charge on any atom is 0.277 e. The van der Waals surface area contributed by atoms with Gasteiger partial charge in [-0.1, -0.05) is 54.2 Å². The summed E-state index contributed by atoms with van der Waals surface area (Å²) in [5, 5.41) is 8.85. The van der Waals surface area contributed by atoms with E-state index < -0.39 is 0 Å². The molecular weight excluding hydrogens is 372 g/mol. The molecule has 0 spiro atoms. The average Bonchev–Trinajstić information content (AvgIpc) is 3.37. The van der Waals surface area contributed by atoms with E-state index in [0.717, 1.165) is 23.7 Å². The Morgan fingerprint density at radius 3 is 2.61 bits per heavy atom. The van der Waals surface area contributed by atoms with Crippen LogP contribution in [-0.2, 0) is 18.7 Å². The zero-order chi connectivity index (χ0) is 19.2. The van der Waals surface area contributed by atoms with Gasteiger partial charge in [0.15, 0.2) is 0 Å². The van der Waals surface area contributed by atoms with Gasteiger partial charge in [-0.2, -0.15) is 0 Å². The molecule has 0 amide bonds. The fourth-order valence-corrected chi connectivity index (χ4v) is 3.56. The second kappa shape index (κ2) is 8.75. The van der Waals surface area contributed by atoms with Gasteiger partial charge in [-0.3, -0.25) is 0 Å². The van der Waals surface area contributed by atoms with Crippen LogP contribution >= 0.6 is 11.8 Å². The molecule has 4 rings (SSSR count). The van der Waals surface area contributed by atoms with E-state index in [4.69, 9.17) is 9.15 Å². The molecule has 0 saturated carbocycles. The SMILES string of the molecule is COc1ccc(Cc2nnc(SCc3nccn3Cc3ccccc3)o2)cc1. The van der Waals surface area contributed by atoms with Crippen molar-refractivity contribution in [2.24, 2.45) is 0 Å². The largest absolute Gasteiger partial charge is 0.497 e. The van der Waals surface area contributed by atoms with Crippen LogP contribution in [0.25, 0.3) is 0 Å². The van der Waals surface area contributed by atoms with Crippen LogP contribution in [0.1, 0.15) is 22.8 Å². The van der Waals surface area contributed by atoms with E-state index in [1.165, 1.54) is 17.3 Å². The molecule has 6 nitrogen and oxygen atoms in total. The lowest BCUT2D eigenvalue weighted by atomic mass is 10.1. The van der Waals surface area contributed by atoms with Gasteiger partial charge >= 0.3 is 0 Å². The maximum atomic E-state index is 5.77. The van der Waals surface area contributed by atoms with Gasteiger partial charge in [-0.25, -0.2) is 4.98 Å². The Morgan fingerprint density at radius 1 is 1.00 bits per heavy atom. The highest BCUT2D eigenvalue weighted by Crippen LogP contribution is 2.22. The summed E-state index contributed by atoms with van der Waals surface area (Å²) in [5.74, 6) is 3.07. The Morgan fingerprint density at radius 2 is 1.82 bits per heavy atom. The summed E-state index contributed by atoms with van der Waals surface area (Å²) in [4.78, 5) is 4.46. The van der Waals surface area contributed by atoms with Crippen molar-refractivity contribution in [1.29, 1.82) is 0 Å². The van der Waals surface area contributed by atoms with Crippen LogP contribution in [0.4, 0.5) is 0 Å². The van der Waals surface area contributed by atoms with E-state index in [1.807, 2.05) is 54.9 Å². The summed E-state index contributed by atoms with van der Waals surface area (Å²) >= 11 is 1.50. The Kier molecular flexibility index (Phi) is 5.72. The monoisotopic (exact) mass is 392 g/mol. The van der Waals surface area contributed by atoms with Gasteiger partial charge in [0.1, 0.15) is 11.6 Å². The second-order valence-corrected chi connectivity index (χ2v) is 7.16.